The van der Waals surface area contributed by atoms with E-state index in [1.165, 1.54) is 0 Å². The van der Waals surface area contributed by atoms with Crippen molar-refractivity contribution in [3.8, 4) is 11.4 Å². The number of aromatic nitrogens is 2. The maximum absolute atomic E-state index is 14.1. The molecule has 3 aromatic carbocycles. The number of carbonyl (C=O) groups is 3. The summed E-state index contributed by atoms with van der Waals surface area (Å²) >= 11 is 0. The van der Waals surface area contributed by atoms with Crippen LogP contribution in [0.15, 0.2) is 91.0 Å². The van der Waals surface area contributed by atoms with Crippen molar-refractivity contribution in [1.82, 2.24) is 19.8 Å². The number of esters is 1. The number of hydrogen-bond donors (Lipinski definition) is 0. The van der Waals surface area contributed by atoms with Gasteiger partial charge in [-0.1, -0.05) is 91.0 Å². The van der Waals surface area contributed by atoms with E-state index in [-0.39, 0.29) is 35.7 Å². The van der Waals surface area contributed by atoms with Gasteiger partial charge in [-0.2, -0.15) is 0 Å². The highest BCUT2D eigenvalue weighted by molar-refractivity contribution is 6.05. The first-order chi connectivity index (χ1) is 20.4. The highest BCUT2D eigenvalue weighted by Gasteiger charge is 2.36. The molecule has 214 valence electrons. The average molecular weight is 563 g/mol. The summed E-state index contributed by atoms with van der Waals surface area (Å²) in [6, 6.07) is 28.6. The fourth-order valence-electron chi connectivity index (χ4n) is 5.45. The normalized spacial score (nSPS) is 15.0. The van der Waals surface area contributed by atoms with Gasteiger partial charge in [0.25, 0.3) is 5.91 Å². The van der Waals surface area contributed by atoms with Crippen molar-refractivity contribution in [2.45, 2.75) is 32.7 Å². The third-order valence-electron chi connectivity index (χ3n) is 7.51. The van der Waals surface area contributed by atoms with Gasteiger partial charge in [0.05, 0.1) is 18.2 Å². The van der Waals surface area contributed by atoms with Crippen LogP contribution in [0.2, 0.25) is 0 Å². The summed E-state index contributed by atoms with van der Waals surface area (Å²) in [5, 5.41) is 0. The number of rotatable bonds is 7. The largest absolute Gasteiger partial charge is 0.462 e. The van der Waals surface area contributed by atoms with Crippen molar-refractivity contribution < 1.29 is 19.1 Å². The first-order valence-electron chi connectivity index (χ1n) is 14.2. The highest BCUT2D eigenvalue weighted by atomic mass is 16.5. The molecule has 8 nitrogen and oxygen atoms in total. The van der Waals surface area contributed by atoms with Crippen molar-refractivity contribution >= 4 is 17.8 Å². The van der Waals surface area contributed by atoms with E-state index in [2.05, 4.69) is 9.97 Å². The molecule has 0 radical (unpaired) electrons. The van der Waals surface area contributed by atoms with Crippen LogP contribution in [0.3, 0.4) is 0 Å². The van der Waals surface area contributed by atoms with Gasteiger partial charge in [0.15, 0.2) is 5.82 Å². The molecule has 0 spiro atoms. The smallest absolute Gasteiger partial charge is 0.342 e. The predicted octanol–water partition coefficient (Wildman–Crippen LogP) is 5.13. The molecule has 1 aliphatic rings. The van der Waals surface area contributed by atoms with Gasteiger partial charge in [-0.15, -0.1) is 0 Å². The maximum Gasteiger partial charge on any atom is 0.342 e. The summed E-state index contributed by atoms with van der Waals surface area (Å²) < 4.78 is 5.27. The zero-order valence-electron chi connectivity index (χ0n) is 24.1. The van der Waals surface area contributed by atoms with Crippen LogP contribution in [-0.4, -0.2) is 69.8 Å². The van der Waals surface area contributed by atoms with Crippen molar-refractivity contribution in [1.29, 1.82) is 0 Å². The average Bonchev–Trinajstić information content (AvgIpc) is 3.02. The third kappa shape index (κ3) is 5.93. The molecule has 8 heteroatoms. The second-order valence-electron chi connectivity index (χ2n) is 10.3. The minimum Gasteiger partial charge on any atom is -0.462 e. The molecule has 1 unspecified atom stereocenters. The lowest BCUT2D eigenvalue weighted by Gasteiger charge is -2.41. The lowest BCUT2D eigenvalue weighted by atomic mass is 9.89. The molecule has 4 aromatic rings. The monoisotopic (exact) mass is 562 g/mol. The van der Waals surface area contributed by atoms with Gasteiger partial charge in [-0.3, -0.25) is 9.59 Å². The van der Waals surface area contributed by atoms with Crippen molar-refractivity contribution in [3.63, 3.8) is 0 Å². The van der Waals surface area contributed by atoms with Crippen LogP contribution in [-0.2, 0) is 9.53 Å². The summed E-state index contributed by atoms with van der Waals surface area (Å²) in [5.41, 5.74) is 3.04. The summed E-state index contributed by atoms with van der Waals surface area (Å²) in [4.78, 5) is 53.6. The minimum atomic E-state index is -0.631. The Morgan fingerprint density at radius 2 is 1.43 bits per heavy atom. The van der Waals surface area contributed by atoms with Crippen molar-refractivity contribution in [2.75, 3.05) is 26.2 Å². The molecule has 2 heterocycles. The van der Waals surface area contributed by atoms with Crippen molar-refractivity contribution in [3.05, 3.63) is 119 Å². The van der Waals surface area contributed by atoms with E-state index in [9.17, 15) is 14.4 Å². The lowest BCUT2D eigenvalue weighted by molar-refractivity contribution is -0.136. The Morgan fingerprint density at radius 1 is 0.857 bits per heavy atom. The number of piperazine rings is 1. The molecule has 0 N–H and O–H groups in total. The fourth-order valence-corrected chi connectivity index (χ4v) is 5.45. The number of ether oxygens (including phenoxy) is 1. The Labute approximate surface area is 246 Å². The molecule has 0 saturated carbocycles. The first-order valence-corrected chi connectivity index (χ1v) is 14.2. The Hall–Kier alpha value is -4.85. The van der Waals surface area contributed by atoms with E-state index >= 15 is 0 Å². The molecule has 42 heavy (non-hydrogen) atoms. The predicted molar refractivity (Wildman–Crippen MR) is 160 cm³/mol. The van der Waals surface area contributed by atoms with Gasteiger partial charge in [0, 0.05) is 31.2 Å². The van der Waals surface area contributed by atoms with Gasteiger partial charge >= 0.3 is 5.97 Å². The second-order valence-corrected chi connectivity index (χ2v) is 10.3. The number of carbonyl (C=O) groups excluding carboxylic acids is 3. The molecule has 1 aliphatic heterocycles. The Bertz CT molecular complexity index is 1520. The van der Waals surface area contributed by atoms with Gasteiger partial charge in [-0.05, 0) is 31.9 Å². The molecule has 0 bridgehead atoms. The maximum atomic E-state index is 14.1. The van der Waals surface area contributed by atoms with E-state index in [0.717, 1.165) is 16.7 Å². The molecule has 0 aliphatic carbocycles. The summed E-state index contributed by atoms with van der Waals surface area (Å²) in [6.45, 7) is 6.45. The number of amides is 2. The second kappa shape index (κ2) is 12.8. The number of hydrogen-bond acceptors (Lipinski definition) is 6. The number of nitrogens with zero attached hydrogens (tertiary/aromatic N) is 4. The zero-order valence-corrected chi connectivity index (χ0v) is 24.1. The molecule has 1 atom stereocenters. The Balaban J connectivity index is 1.43. The standard InChI is InChI=1S/C34H34N4O4/c1-4-42-34(41)28-24(3)35-31(27-18-12-7-13-19-27)36-30(28)33(40)37-20-21-38(23(2)22-37)32(39)29(25-14-8-5-9-15-25)26-16-10-6-11-17-26/h5-19,23,29H,4,20-22H2,1-3H3. The molecule has 1 fully saturated rings. The molecule has 5 rings (SSSR count). The Morgan fingerprint density at radius 3 is 1.98 bits per heavy atom. The first kappa shape index (κ1) is 28.7. The fraction of sp³-hybridized carbons (Fsp3) is 0.265. The van der Waals surface area contributed by atoms with Crippen LogP contribution in [0.5, 0.6) is 0 Å². The SMILES string of the molecule is CCOC(=O)c1c(C)nc(-c2ccccc2)nc1C(=O)N1CCN(C(=O)C(c2ccccc2)c2ccccc2)C(C)C1. The van der Waals surface area contributed by atoms with Gasteiger partial charge in [0.2, 0.25) is 5.91 Å². The lowest BCUT2D eigenvalue weighted by Crippen LogP contribution is -2.56. The number of benzene rings is 3. The van der Waals surface area contributed by atoms with E-state index in [0.29, 0.717) is 31.2 Å². The number of aryl methyl sites for hydroxylation is 1. The van der Waals surface area contributed by atoms with E-state index < -0.39 is 11.9 Å². The molecule has 1 aromatic heterocycles. The van der Waals surface area contributed by atoms with E-state index in [4.69, 9.17) is 4.74 Å². The van der Waals surface area contributed by atoms with E-state index in [1.54, 1.807) is 18.7 Å². The molecule has 2 amide bonds. The molecular formula is C34H34N4O4. The molecular weight excluding hydrogens is 528 g/mol. The van der Waals surface area contributed by atoms with Crippen LogP contribution < -0.4 is 0 Å². The van der Waals surface area contributed by atoms with Gasteiger partial charge in [0.1, 0.15) is 11.3 Å². The van der Waals surface area contributed by atoms with Crippen LogP contribution in [0.1, 0.15) is 57.4 Å². The summed E-state index contributed by atoms with van der Waals surface area (Å²) in [7, 11) is 0. The van der Waals surface area contributed by atoms with Crippen LogP contribution in [0.25, 0.3) is 11.4 Å². The zero-order chi connectivity index (χ0) is 29.6. The topological polar surface area (TPSA) is 92.7 Å². The van der Waals surface area contributed by atoms with Crippen molar-refractivity contribution in [2.24, 2.45) is 0 Å². The minimum absolute atomic E-state index is 0.0107. The Kier molecular flexibility index (Phi) is 8.71. The third-order valence-corrected chi connectivity index (χ3v) is 7.51. The molecule has 1 saturated heterocycles. The van der Waals surface area contributed by atoms with Crippen LogP contribution in [0.4, 0.5) is 0 Å². The van der Waals surface area contributed by atoms with E-state index in [1.807, 2.05) is 103 Å². The summed E-state index contributed by atoms with van der Waals surface area (Å²) in [6.07, 6.45) is 0. The quantitative estimate of drug-likeness (QED) is 0.290. The highest BCUT2D eigenvalue weighted by Crippen LogP contribution is 2.29. The van der Waals surface area contributed by atoms with Gasteiger partial charge < -0.3 is 14.5 Å². The summed E-state index contributed by atoms with van der Waals surface area (Å²) in [5.74, 6) is -1.12. The van der Waals surface area contributed by atoms with Crippen LogP contribution >= 0.6 is 0 Å². The van der Waals surface area contributed by atoms with Gasteiger partial charge in [-0.25, -0.2) is 14.8 Å². The van der Waals surface area contributed by atoms with Crippen LogP contribution in [0, 0.1) is 6.92 Å².